The molecule has 0 aliphatic heterocycles. The Bertz CT molecular complexity index is 566. The van der Waals surface area contributed by atoms with Gasteiger partial charge in [-0.05, 0) is 31.0 Å². The normalized spacial score (nSPS) is 11.9. The Kier molecular flexibility index (Phi) is 5.88. The molecule has 2 aromatic rings. The third kappa shape index (κ3) is 4.94. The summed E-state index contributed by atoms with van der Waals surface area (Å²) in [5.74, 6) is 0.531. The van der Waals surface area contributed by atoms with Crippen LogP contribution in [0.3, 0.4) is 0 Å². The SMILES string of the molecule is CC[C@H](NC(=O)CSc1ccccc1)c1ccc(C)cc1. The summed E-state index contributed by atoms with van der Waals surface area (Å²) in [7, 11) is 0. The molecule has 2 nitrogen and oxygen atoms in total. The van der Waals surface area contributed by atoms with Crippen LogP contribution in [0.5, 0.6) is 0 Å². The molecule has 1 N–H and O–H groups in total. The number of carbonyl (C=O) groups excluding carboxylic acids is 1. The van der Waals surface area contributed by atoms with Gasteiger partial charge in [-0.25, -0.2) is 0 Å². The van der Waals surface area contributed by atoms with E-state index >= 15 is 0 Å². The molecule has 0 aliphatic carbocycles. The van der Waals surface area contributed by atoms with E-state index < -0.39 is 0 Å². The summed E-state index contributed by atoms with van der Waals surface area (Å²) in [6.07, 6.45) is 0.894. The highest BCUT2D eigenvalue weighted by atomic mass is 32.2. The van der Waals surface area contributed by atoms with Gasteiger partial charge in [-0.3, -0.25) is 4.79 Å². The van der Waals surface area contributed by atoms with Gasteiger partial charge in [0.15, 0.2) is 0 Å². The Hall–Kier alpha value is -1.74. The molecule has 0 heterocycles. The lowest BCUT2D eigenvalue weighted by atomic mass is 10.0. The lowest BCUT2D eigenvalue weighted by molar-refractivity contribution is -0.119. The van der Waals surface area contributed by atoms with Crippen molar-refractivity contribution in [2.24, 2.45) is 0 Å². The largest absolute Gasteiger partial charge is 0.349 e. The number of hydrogen-bond donors (Lipinski definition) is 1. The Labute approximate surface area is 131 Å². The number of carbonyl (C=O) groups is 1. The van der Waals surface area contributed by atoms with E-state index in [4.69, 9.17) is 0 Å². The second-order valence-electron chi connectivity index (χ2n) is 5.04. The quantitative estimate of drug-likeness (QED) is 0.803. The second-order valence-corrected chi connectivity index (χ2v) is 6.09. The number of rotatable bonds is 6. The highest BCUT2D eigenvalue weighted by Gasteiger charge is 2.12. The fraction of sp³-hybridized carbons (Fsp3) is 0.278. The van der Waals surface area contributed by atoms with Gasteiger partial charge in [0, 0.05) is 4.90 Å². The highest BCUT2D eigenvalue weighted by molar-refractivity contribution is 8.00. The van der Waals surface area contributed by atoms with E-state index in [9.17, 15) is 4.79 Å². The van der Waals surface area contributed by atoms with E-state index in [0.29, 0.717) is 5.75 Å². The Morgan fingerprint density at radius 2 is 1.76 bits per heavy atom. The van der Waals surface area contributed by atoms with Crippen LogP contribution in [0.15, 0.2) is 59.5 Å². The Balaban J connectivity index is 1.89. The smallest absolute Gasteiger partial charge is 0.230 e. The van der Waals surface area contributed by atoms with Crippen LogP contribution in [-0.2, 0) is 4.79 Å². The van der Waals surface area contributed by atoms with Gasteiger partial charge in [0.05, 0.1) is 11.8 Å². The fourth-order valence-electron chi connectivity index (χ4n) is 2.12. The van der Waals surface area contributed by atoms with E-state index in [0.717, 1.165) is 11.3 Å². The molecule has 0 saturated heterocycles. The second kappa shape index (κ2) is 7.89. The predicted octanol–water partition coefficient (Wildman–Crippen LogP) is 4.35. The van der Waals surface area contributed by atoms with Gasteiger partial charge in [-0.15, -0.1) is 11.8 Å². The molecule has 0 radical (unpaired) electrons. The number of thioether (sulfide) groups is 1. The number of amides is 1. The van der Waals surface area contributed by atoms with Crippen molar-refractivity contribution < 1.29 is 4.79 Å². The van der Waals surface area contributed by atoms with E-state index in [-0.39, 0.29) is 11.9 Å². The summed E-state index contributed by atoms with van der Waals surface area (Å²) < 4.78 is 0. The highest BCUT2D eigenvalue weighted by Crippen LogP contribution is 2.19. The monoisotopic (exact) mass is 299 g/mol. The van der Waals surface area contributed by atoms with Crippen LogP contribution >= 0.6 is 11.8 Å². The predicted molar refractivity (Wildman–Crippen MR) is 89.5 cm³/mol. The average Bonchev–Trinajstić information content (AvgIpc) is 2.52. The molecule has 1 amide bonds. The molecule has 3 heteroatoms. The zero-order valence-corrected chi connectivity index (χ0v) is 13.3. The molecule has 0 bridgehead atoms. The summed E-state index contributed by atoms with van der Waals surface area (Å²) in [5.41, 5.74) is 2.40. The van der Waals surface area contributed by atoms with Crippen molar-refractivity contribution >= 4 is 17.7 Å². The summed E-state index contributed by atoms with van der Waals surface area (Å²) in [4.78, 5) is 13.2. The zero-order valence-electron chi connectivity index (χ0n) is 12.5. The standard InChI is InChI=1S/C18H21NOS/c1-3-17(15-11-9-14(2)10-12-15)19-18(20)13-21-16-7-5-4-6-8-16/h4-12,17H,3,13H2,1-2H3,(H,19,20)/t17-/m0/s1. The van der Waals surface area contributed by atoms with Crippen LogP contribution in [-0.4, -0.2) is 11.7 Å². The number of aryl methyl sites for hydroxylation is 1. The summed E-state index contributed by atoms with van der Waals surface area (Å²) >= 11 is 1.57. The molecule has 0 fully saturated rings. The number of hydrogen-bond acceptors (Lipinski definition) is 2. The first-order chi connectivity index (χ1) is 10.2. The first-order valence-corrected chi connectivity index (χ1v) is 8.21. The molecular formula is C18H21NOS. The van der Waals surface area contributed by atoms with Gasteiger partial charge in [-0.1, -0.05) is 55.0 Å². The minimum atomic E-state index is 0.0799. The Morgan fingerprint density at radius 3 is 2.38 bits per heavy atom. The summed E-state index contributed by atoms with van der Waals surface area (Å²) in [5, 5.41) is 3.11. The van der Waals surface area contributed by atoms with Gasteiger partial charge < -0.3 is 5.32 Å². The molecule has 2 aromatic carbocycles. The maximum absolute atomic E-state index is 12.1. The van der Waals surface area contributed by atoms with Crippen molar-refractivity contribution in [3.05, 3.63) is 65.7 Å². The molecule has 0 aliphatic rings. The van der Waals surface area contributed by atoms with Gasteiger partial charge in [-0.2, -0.15) is 0 Å². The minimum absolute atomic E-state index is 0.0799. The van der Waals surface area contributed by atoms with Gasteiger partial charge in [0.1, 0.15) is 0 Å². The van der Waals surface area contributed by atoms with E-state index in [1.165, 1.54) is 11.1 Å². The van der Waals surface area contributed by atoms with Crippen molar-refractivity contribution in [3.63, 3.8) is 0 Å². The number of nitrogens with one attached hydrogen (secondary N) is 1. The molecular weight excluding hydrogens is 278 g/mol. The van der Waals surface area contributed by atoms with Crippen molar-refractivity contribution in [1.29, 1.82) is 0 Å². The molecule has 110 valence electrons. The molecule has 0 saturated carbocycles. The van der Waals surface area contributed by atoms with E-state index in [2.05, 4.69) is 43.4 Å². The average molecular weight is 299 g/mol. The van der Waals surface area contributed by atoms with Crippen molar-refractivity contribution in [2.75, 3.05) is 5.75 Å². The van der Waals surface area contributed by atoms with Crippen LogP contribution in [0.2, 0.25) is 0 Å². The molecule has 0 spiro atoms. The Morgan fingerprint density at radius 1 is 1.10 bits per heavy atom. The third-order valence-electron chi connectivity index (χ3n) is 3.34. The topological polar surface area (TPSA) is 29.1 Å². The minimum Gasteiger partial charge on any atom is -0.349 e. The maximum Gasteiger partial charge on any atom is 0.230 e. The van der Waals surface area contributed by atoms with Crippen LogP contribution in [0.1, 0.15) is 30.5 Å². The van der Waals surface area contributed by atoms with Crippen molar-refractivity contribution in [1.82, 2.24) is 5.32 Å². The lowest BCUT2D eigenvalue weighted by Crippen LogP contribution is -2.29. The summed E-state index contributed by atoms with van der Waals surface area (Å²) in [6, 6.07) is 18.4. The van der Waals surface area contributed by atoms with Crippen LogP contribution in [0.4, 0.5) is 0 Å². The zero-order chi connectivity index (χ0) is 15.1. The van der Waals surface area contributed by atoms with E-state index in [1.54, 1.807) is 11.8 Å². The van der Waals surface area contributed by atoms with Crippen LogP contribution in [0.25, 0.3) is 0 Å². The van der Waals surface area contributed by atoms with Gasteiger partial charge in [0.2, 0.25) is 5.91 Å². The van der Waals surface area contributed by atoms with Crippen molar-refractivity contribution in [3.8, 4) is 0 Å². The van der Waals surface area contributed by atoms with Gasteiger partial charge in [0.25, 0.3) is 0 Å². The number of benzene rings is 2. The van der Waals surface area contributed by atoms with E-state index in [1.807, 2.05) is 30.3 Å². The fourth-order valence-corrected chi connectivity index (χ4v) is 2.85. The van der Waals surface area contributed by atoms with Crippen LogP contribution < -0.4 is 5.32 Å². The molecule has 0 unspecified atom stereocenters. The lowest BCUT2D eigenvalue weighted by Gasteiger charge is -2.17. The molecule has 2 rings (SSSR count). The van der Waals surface area contributed by atoms with Crippen LogP contribution in [0, 0.1) is 6.92 Å². The van der Waals surface area contributed by atoms with Crippen molar-refractivity contribution in [2.45, 2.75) is 31.2 Å². The summed E-state index contributed by atoms with van der Waals surface area (Å²) in [6.45, 7) is 4.16. The molecule has 1 atom stereocenters. The van der Waals surface area contributed by atoms with Gasteiger partial charge >= 0.3 is 0 Å². The third-order valence-corrected chi connectivity index (χ3v) is 4.35. The molecule has 0 aromatic heterocycles. The first kappa shape index (κ1) is 15.6. The molecule has 21 heavy (non-hydrogen) atoms. The maximum atomic E-state index is 12.1. The first-order valence-electron chi connectivity index (χ1n) is 7.23.